The summed E-state index contributed by atoms with van der Waals surface area (Å²) in [6, 6.07) is 5.99. The van der Waals surface area contributed by atoms with Crippen molar-refractivity contribution >= 4 is 6.03 Å². The molecule has 0 radical (unpaired) electrons. The highest BCUT2D eigenvalue weighted by Crippen LogP contribution is 2.14. The molecule has 1 aromatic rings. The van der Waals surface area contributed by atoms with Crippen molar-refractivity contribution in [2.45, 2.75) is 25.9 Å². The SMILES string of the molecule is CC(CO)N(C)C(=O)NCc1cccc(OCC(F)F)c1. The molecule has 118 valence electrons. The van der Waals surface area contributed by atoms with E-state index in [1.54, 1.807) is 38.2 Å². The van der Waals surface area contributed by atoms with E-state index in [2.05, 4.69) is 5.32 Å². The highest BCUT2D eigenvalue weighted by atomic mass is 19.3. The highest BCUT2D eigenvalue weighted by molar-refractivity contribution is 5.74. The molecule has 0 spiro atoms. The lowest BCUT2D eigenvalue weighted by Crippen LogP contribution is -2.43. The van der Waals surface area contributed by atoms with E-state index in [4.69, 9.17) is 9.84 Å². The van der Waals surface area contributed by atoms with E-state index < -0.39 is 13.0 Å². The van der Waals surface area contributed by atoms with Crippen molar-refractivity contribution < 1.29 is 23.4 Å². The van der Waals surface area contributed by atoms with Gasteiger partial charge in [-0.05, 0) is 24.6 Å². The average molecular weight is 302 g/mol. The molecule has 1 atom stereocenters. The number of nitrogens with zero attached hydrogens (tertiary/aromatic N) is 1. The van der Waals surface area contributed by atoms with Gasteiger partial charge in [0.25, 0.3) is 6.43 Å². The Balaban J connectivity index is 2.51. The number of benzene rings is 1. The normalized spacial score (nSPS) is 12.1. The minimum Gasteiger partial charge on any atom is -0.488 e. The van der Waals surface area contributed by atoms with Crippen molar-refractivity contribution in [1.82, 2.24) is 10.2 Å². The maximum absolute atomic E-state index is 12.1. The molecule has 0 aromatic heterocycles. The zero-order valence-electron chi connectivity index (χ0n) is 12.1. The largest absolute Gasteiger partial charge is 0.488 e. The van der Waals surface area contributed by atoms with E-state index in [0.29, 0.717) is 5.75 Å². The van der Waals surface area contributed by atoms with Crippen LogP contribution < -0.4 is 10.1 Å². The summed E-state index contributed by atoms with van der Waals surface area (Å²) in [4.78, 5) is 13.2. The van der Waals surface area contributed by atoms with E-state index in [-0.39, 0.29) is 25.2 Å². The second-order valence-electron chi connectivity index (χ2n) is 4.65. The number of aliphatic hydroxyl groups is 1. The first-order chi connectivity index (χ1) is 9.93. The number of hydrogen-bond acceptors (Lipinski definition) is 3. The Morgan fingerprint density at radius 3 is 2.81 bits per heavy atom. The van der Waals surface area contributed by atoms with Crippen LogP contribution in [-0.2, 0) is 6.54 Å². The highest BCUT2D eigenvalue weighted by Gasteiger charge is 2.14. The number of aliphatic hydroxyl groups excluding tert-OH is 1. The molecule has 1 aromatic carbocycles. The van der Waals surface area contributed by atoms with E-state index in [1.165, 1.54) is 4.90 Å². The predicted molar refractivity (Wildman–Crippen MR) is 74.5 cm³/mol. The summed E-state index contributed by atoms with van der Waals surface area (Å²) in [6.45, 7) is 1.18. The lowest BCUT2D eigenvalue weighted by atomic mass is 10.2. The van der Waals surface area contributed by atoms with Gasteiger partial charge >= 0.3 is 6.03 Å². The molecule has 0 aliphatic carbocycles. The topological polar surface area (TPSA) is 61.8 Å². The van der Waals surface area contributed by atoms with Crippen LogP contribution in [-0.4, -0.2) is 48.8 Å². The predicted octanol–water partition coefficient (Wildman–Crippen LogP) is 1.85. The smallest absolute Gasteiger partial charge is 0.317 e. The van der Waals surface area contributed by atoms with Crippen molar-refractivity contribution in [2.75, 3.05) is 20.3 Å². The third kappa shape index (κ3) is 5.95. The summed E-state index contributed by atoms with van der Waals surface area (Å²) < 4.78 is 29.0. The number of carbonyl (C=O) groups excluding carboxylic acids is 1. The molecular weight excluding hydrogens is 282 g/mol. The monoisotopic (exact) mass is 302 g/mol. The molecule has 0 aliphatic heterocycles. The van der Waals surface area contributed by atoms with Gasteiger partial charge < -0.3 is 20.1 Å². The number of urea groups is 1. The van der Waals surface area contributed by atoms with E-state index in [0.717, 1.165) is 5.56 Å². The number of nitrogens with one attached hydrogen (secondary N) is 1. The van der Waals surface area contributed by atoms with Crippen LogP contribution in [0.1, 0.15) is 12.5 Å². The van der Waals surface area contributed by atoms with Gasteiger partial charge in [-0.1, -0.05) is 12.1 Å². The first kappa shape index (κ1) is 17.2. The zero-order chi connectivity index (χ0) is 15.8. The summed E-state index contributed by atoms with van der Waals surface area (Å²) in [6.07, 6.45) is -2.53. The van der Waals surface area contributed by atoms with Crippen LogP contribution in [0.3, 0.4) is 0 Å². The minimum absolute atomic E-state index is 0.124. The number of likely N-dealkylation sites (N-methyl/N-ethyl adjacent to an activating group) is 1. The first-order valence-electron chi connectivity index (χ1n) is 6.55. The van der Waals surface area contributed by atoms with Crippen molar-refractivity contribution in [3.63, 3.8) is 0 Å². The molecule has 0 saturated heterocycles. The van der Waals surface area contributed by atoms with Crippen molar-refractivity contribution in [3.8, 4) is 5.75 Å². The van der Waals surface area contributed by atoms with Crippen LogP contribution in [0.5, 0.6) is 5.75 Å². The lowest BCUT2D eigenvalue weighted by Gasteiger charge is -2.23. The van der Waals surface area contributed by atoms with Gasteiger partial charge in [0.15, 0.2) is 0 Å². The summed E-state index contributed by atoms with van der Waals surface area (Å²) in [5, 5.41) is 11.7. The van der Waals surface area contributed by atoms with E-state index >= 15 is 0 Å². The second kappa shape index (κ2) is 8.41. The van der Waals surface area contributed by atoms with Crippen LogP contribution in [0.4, 0.5) is 13.6 Å². The van der Waals surface area contributed by atoms with Gasteiger partial charge in [0.05, 0.1) is 12.6 Å². The molecule has 0 heterocycles. The van der Waals surface area contributed by atoms with Crippen LogP contribution in [0, 0.1) is 0 Å². The summed E-state index contributed by atoms with van der Waals surface area (Å²) >= 11 is 0. The number of rotatable bonds is 7. The maximum Gasteiger partial charge on any atom is 0.317 e. The standard InChI is InChI=1S/C14H20F2N2O3/c1-10(8-19)18(2)14(20)17-7-11-4-3-5-12(6-11)21-9-13(15)16/h3-6,10,13,19H,7-9H2,1-2H3,(H,17,20). The van der Waals surface area contributed by atoms with Crippen LogP contribution >= 0.6 is 0 Å². The van der Waals surface area contributed by atoms with Crippen molar-refractivity contribution in [2.24, 2.45) is 0 Å². The summed E-state index contributed by atoms with van der Waals surface area (Å²) in [5.74, 6) is 0.333. The van der Waals surface area contributed by atoms with E-state index in [9.17, 15) is 13.6 Å². The molecular formula is C14H20F2N2O3. The maximum atomic E-state index is 12.1. The van der Waals surface area contributed by atoms with Crippen LogP contribution in [0.2, 0.25) is 0 Å². The third-order valence-corrected chi connectivity index (χ3v) is 2.96. The van der Waals surface area contributed by atoms with Crippen molar-refractivity contribution in [3.05, 3.63) is 29.8 Å². The fourth-order valence-corrected chi connectivity index (χ4v) is 1.53. The first-order valence-corrected chi connectivity index (χ1v) is 6.55. The number of ether oxygens (including phenoxy) is 1. The quantitative estimate of drug-likeness (QED) is 0.808. The second-order valence-corrected chi connectivity index (χ2v) is 4.65. The number of halogens is 2. The Labute approximate surface area is 122 Å². The Hall–Kier alpha value is -1.89. The van der Waals surface area contributed by atoms with Gasteiger partial charge in [0.2, 0.25) is 0 Å². The number of alkyl halides is 2. The number of hydrogen-bond donors (Lipinski definition) is 2. The molecule has 21 heavy (non-hydrogen) atoms. The minimum atomic E-state index is -2.53. The zero-order valence-corrected chi connectivity index (χ0v) is 12.1. The van der Waals surface area contributed by atoms with Gasteiger partial charge in [-0.25, -0.2) is 13.6 Å². The van der Waals surface area contributed by atoms with Gasteiger partial charge in [0.1, 0.15) is 12.4 Å². The number of amides is 2. The molecule has 0 fully saturated rings. The average Bonchev–Trinajstić information content (AvgIpc) is 2.49. The van der Waals surface area contributed by atoms with Crippen molar-refractivity contribution in [1.29, 1.82) is 0 Å². The third-order valence-electron chi connectivity index (χ3n) is 2.96. The lowest BCUT2D eigenvalue weighted by molar-refractivity contribution is 0.0818. The van der Waals surface area contributed by atoms with Gasteiger partial charge in [-0.3, -0.25) is 0 Å². The molecule has 0 aliphatic rings. The molecule has 2 amide bonds. The van der Waals surface area contributed by atoms with E-state index in [1.807, 2.05) is 0 Å². The van der Waals surface area contributed by atoms with Gasteiger partial charge in [-0.2, -0.15) is 0 Å². The molecule has 0 saturated carbocycles. The Bertz CT molecular complexity index is 458. The molecule has 0 bridgehead atoms. The summed E-state index contributed by atoms with van der Waals surface area (Å²) in [5.41, 5.74) is 0.736. The van der Waals surface area contributed by atoms with Crippen LogP contribution in [0.25, 0.3) is 0 Å². The molecule has 2 N–H and O–H groups in total. The van der Waals surface area contributed by atoms with Gasteiger partial charge in [0, 0.05) is 13.6 Å². The fourth-order valence-electron chi connectivity index (χ4n) is 1.53. The van der Waals surface area contributed by atoms with Crippen LogP contribution in [0.15, 0.2) is 24.3 Å². The summed E-state index contributed by atoms with van der Waals surface area (Å²) in [7, 11) is 1.58. The molecule has 1 unspecified atom stereocenters. The molecule has 1 rings (SSSR count). The Morgan fingerprint density at radius 1 is 1.48 bits per heavy atom. The number of carbonyl (C=O) groups is 1. The Kier molecular flexibility index (Phi) is 6.87. The fraction of sp³-hybridized carbons (Fsp3) is 0.500. The van der Waals surface area contributed by atoms with Gasteiger partial charge in [-0.15, -0.1) is 0 Å². The molecule has 7 heteroatoms. The Morgan fingerprint density at radius 2 is 2.19 bits per heavy atom. The molecule has 5 nitrogen and oxygen atoms in total.